The van der Waals surface area contributed by atoms with E-state index in [1.54, 1.807) is 0 Å². The maximum atomic E-state index is 10.9. The quantitative estimate of drug-likeness (QED) is 0.429. The largest absolute Gasteiger partial charge is 0.392 e. The Hall–Kier alpha value is -1.68. The van der Waals surface area contributed by atoms with Crippen LogP contribution in [0.4, 0.5) is 5.82 Å². The van der Waals surface area contributed by atoms with Crippen LogP contribution in [0.1, 0.15) is 5.82 Å². The summed E-state index contributed by atoms with van der Waals surface area (Å²) in [6.07, 6.45) is 0.761. The first kappa shape index (κ1) is 13.4. The molecule has 9 nitrogen and oxygen atoms in total. The molecule has 96 valence electrons. The van der Waals surface area contributed by atoms with Crippen LogP contribution in [-0.4, -0.2) is 40.9 Å². The fraction of sp³-hybridized carbons (Fsp3) is 0.571. The molecule has 17 heavy (non-hydrogen) atoms. The van der Waals surface area contributed by atoms with Crippen molar-refractivity contribution >= 4 is 15.9 Å². The molecule has 0 aromatic carbocycles. The Labute approximate surface area is 96.9 Å². The first-order chi connectivity index (χ1) is 7.76. The van der Waals surface area contributed by atoms with Crippen molar-refractivity contribution in [1.29, 1.82) is 0 Å². The minimum absolute atomic E-state index is 0.0672. The Balaban J connectivity index is 3.31. The highest BCUT2D eigenvalue weighted by molar-refractivity contribution is 7.86. The van der Waals surface area contributed by atoms with Crippen molar-refractivity contribution in [3.63, 3.8) is 0 Å². The fourth-order valence-electron chi connectivity index (χ4n) is 1.27. The number of aliphatic hydroxyl groups is 1. The molecule has 1 heterocycles. The highest BCUT2D eigenvalue weighted by Crippen LogP contribution is 2.28. The van der Waals surface area contributed by atoms with Gasteiger partial charge < -0.3 is 19.4 Å². The van der Waals surface area contributed by atoms with Crippen LogP contribution >= 0.6 is 0 Å². The number of imidazole rings is 1. The maximum absolute atomic E-state index is 10.9. The van der Waals surface area contributed by atoms with Gasteiger partial charge in [-0.2, -0.15) is 13.4 Å². The summed E-state index contributed by atoms with van der Waals surface area (Å²) in [5.74, 6) is -1.00. The molecule has 0 saturated heterocycles. The fourth-order valence-corrected chi connectivity index (χ4v) is 1.67. The molecular formula is C7H11N3O6S. The molecule has 1 N–H and O–H groups in total. The molecule has 0 atom stereocenters. The highest BCUT2D eigenvalue weighted by atomic mass is 32.2. The van der Waals surface area contributed by atoms with Crippen LogP contribution < -0.4 is 4.18 Å². The summed E-state index contributed by atoms with van der Waals surface area (Å²) in [6.45, 7) is 1.04. The number of nitro groups is 1. The minimum atomic E-state index is -3.89. The Bertz CT molecular complexity index is 534. The Morgan fingerprint density at radius 1 is 1.59 bits per heavy atom. The number of aromatic nitrogens is 2. The molecule has 0 bridgehead atoms. The molecule has 0 aliphatic carbocycles. The van der Waals surface area contributed by atoms with Crippen molar-refractivity contribution in [2.24, 2.45) is 0 Å². The molecule has 0 spiro atoms. The minimum Gasteiger partial charge on any atom is -0.392 e. The van der Waals surface area contributed by atoms with E-state index in [2.05, 4.69) is 9.17 Å². The Kier molecular flexibility index (Phi) is 3.68. The lowest BCUT2D eigenvalue weighted by atomic mass is 10.6. The van der Waals surface area contributed by atoms with Crippen molar-refractivity contribution < 1.29 is 22.6 Å². The second kappa shape index (κ2) is 4.67. The van der Waals surface area contributed by atoms with Gasteiger partial charge in [-0.05, 0) is 4.92 Å². The van der Waals surface area contributed by atoms with Crippen LogP contribution in [-0.2, 0) is 16.7 Å². The van der Waals surface area contributed by atoms with Crippen molar-refractivity contribution in [1.82, 2.24) is 9.55 Å². The molecule has 0 radical (unpaired) electrons. The molecule has 0 aliphatic rings. The van der Waals surface area contributed by atoms with Crippen LogP contribution in [0.15, 0.2) is 0 Å². The van der Waals surface area contributed by atoms with E-state index in [0.29, 0.717) is 0 Å². The van der Waals surface area contributed by atoms with E-state index in [0.717, 1.165) is 10.8 Å². The van der Waals surface area contributed by atoms with E-state index in [1.807, 2.05) is 0 Å². The molecule has 10 heteroatoms. The van der Waals surface area contributed by atoms with Gasteiger partial charge in [0.1, 0.15) is 6.54 Å². The highest BCUT2D eigenvalue weighted by Gasteiger charge is 2.28. The normalized spacial score (nSPS) is 11.5. The lowest BCUT2D eigenvalue weighted by Crippen LogP contribution is -2.10. The van der Waals surface area contributed by atoms with E-state index < -0.39 is 26.7 Å². The predicted molar refractivity (Wildman–Crippen MR) is 56.2 cm³/mol. The van der Waals surface area contributed by atoms with Crippen LogP contribution in [0.25, 0.3) is 0 Å². The summed E-state index contributed by atoms with van der Waals surface area (Å²) in [5, 5.41) is 19.6. The number of aliphatic hydroxyl groups excluding tert-OH is 1. The zero-order chi connectivity index (χ0) is 13.2. The number of hydrogen-bond acceptors (Lipinski definition) is 7. The van der Waals surface area contributed by atoms with Gasteiger partial charge in [0.25, 0.3) is 0 Å². The number of nitrogens with zero attached hydrogens (tertiary/aromatic N) is 3. The molecule has 0 aliphatic heterocycles. The van der Waals surface area contributed by atoms with E-state index in [1.165, 1.54) is 6.92 Å². The van der Waals surface area contributed by atoms with Gasteiger partial charge in [0.15, 0.2) is 5.82 Å². The summed E-state index contributed by atoms with van der Waals surface area (Å²) in [6, 6.07) is 0. The van der Waals surface area contributed by atoms with E-state index in [-0.39, 0.29) is 19.0 Å². The molecular weight excluding hydrogens is 254 g/mol. The average Bonchev–Trinajstić information content (AvgIpc) is 2.40. The number of aryl methyl sites for hydroxylation is 1. The lowest BCUT2D eigenvalue weighted by Gasteiger charge is -2.01. The van der Waals surface area contributed by atoms with E-state index in [4.69, 9.17) is 5.11 Å². The topological polar surface area (TPSA) is 125 Å². The predicted octanol–water partition coefficient (Wildman–Crippen LogP) is -0.570. The summed E-state index contributed by atoms with van der Waals surface area (Å²) < 4.78 is 27.3. The van der Waals surface area contributed by atoms with Gasteiger partial charge in [0.2, 0.25) is 0 Å². The molecule has 0 fully saturated rings. The van der Waals surface area contributed by atoms with Gasteiger partial charge in [-0.3, -0.25) is 0 Å². The molecule has 1 rings (SSSR count). The first-order valence-corrected chi connectivity index (χ1v) is 6.29. The first-order valence-electron chi connectivity index (χ1n) is 4.48. The van der Waals surface area contributed by atoms with Gasteiger partial charge in [-0.15, -0.1) is 0 Å². The van der Waals surface area contributed by atoms with E-state index >= 15 is 0 Å². The van der Waals surface area contributed by atoms with Crippen molar-refractivity contribution in [2.45, 2.75) is 13.5 Å². The lowest BCUT2D eigenvalue weighted by molar-refractivity contribution is -0.392. The van der Waals surface area contributed by atoms with E-state index in [9.17, 15) is 18.5 Å². The SMILES string of the molecule is Cc1nc(OS(C)(=O)=O)c([N+](=O)[O-])n1CCO. The summed E-state index contributed by atoms with van der Waals surface area (Å²) in [5.41, 5.74) is 0. The van der Waals surface area contributed by atoms with Gasteiger partial charge in [-0.1, -0.05) is 0 Å². The summed E-state index contributed by atoms with van der Waals surface area (Å²) >= 11 is 0. The van der Waals surface area contributed by atoms with Gasteiger partial charge in [0.05, 0.1) is 12.9 Å². The molecule has 1 aromatic rings. The standard InChI is InChI=1S/C7H11N3O6S/c1-5-8-6(16-17(2,14)15)7(10(12)13)9(5)3-4-11/h11H,3-4H2,1-2H3. The van der Waals surface area contributed by atoms with Crippen LogP contribution in [0.2, 0.25) is 0 Å². The summed E-state index contributed by atoms with van der Waals surface area (Å²) in [4.78, 5) is 13.6. The van der Waals surface area contributed by atoms with Crippen molar-refractivity contribution in [3.8, 4) is 5.88 Å². The maximum Gasteiger partial charge on any atom is 0.388 e. The van der Waals surface area contributed by atoms with Crippen LogP contribution in [0.5, 0.6) is 5.88 Å². The second-order valence-corrected chi connectivity index (χ2v) is 4.78. The smallest absolute Gasteiger partial charge is 0.388 e. The third-order valence-corrected chi connectivity index (χ3v) is 2.29. The monoisotopic (exact) mass is 265 g/mol. The summed E-state index contributed by atoms with van der Waals surface area (Å²) in [7, 11) is -3.89. The van der Waals surface area contributed by atoms with Crippen LogP contribution in [0, 0.1) is 17.0 Å². The van der Waals surface area contributed by atoms with Crippen molar-refractivity contribution in [3.05, 3.63) is 15.9 Å². The third kappa shape index (κ3) is 3.14. The van der Waals surface area contributed by atoms with Gasteiger partial charge >= 0.3 is 21.8 Å². The Morgan fingerprint density at radius 2 is 2.18 bits per heavy atom. The third-order valence-electron chi connectivity index (χ3n) is 1.83. The van der Waals surface area contributed by atoms with Gasteiger partial charge in [0, 0.05) is 6.92 Å². The molecule has 1 aromatic heterocycles. The van der Waals surface area contributed by atoms with Gasteiger partial charge in [-0.25, -0.2) is 4.57 Å². The number of hydrogen-bond donors (Lipinski definition) is 1. The second-order valence-electron chi connectivity index (χ2n) is 3.21. The zero-order valence-electron chi connectivity index (χ0n) is 9.15. The Morgan fingerprint density at radius 3 is 2.59 bits per heavy atom. The zero-order valence-corrected chi connectivity index (χ0v) is 9.97. The molecule has 0 unspecified atom stereocenters. The number of rotatable bonds is 5. The average molecular weight is 265 g/mol. The van der Waals surface area contributed by atoms with Crippen molar-refractivity contribution in [2.75, 3.05) is 12.9 Å². The molecule has 0 saturated carbocycles. The van der Waals surface area contributed by atoms with Crippen LogP contribution in [0.3, 0.4) is 0 Å². The molecule has 0 amide bonds.